The van der Waals surface area contributed by atoms with Gasteiger partial charge in [-0.3, -0.25) is 0 Å². The van der Waals surface area contributed by atoms with E-state index in [1.54, 1.807) is 0 Å². The Morgan fingerprint density at radius 3 is 2.88 bits per heavy atom. The van der Waals surface area contributed by atoms with E-state index in [0.717, 1.165) is 51.7 Å². The predicted octanol–water partition coefficient (Wildman–Crippen LogP) is 2.21. The summed E-state index contributed by atoms with van der Waals surface area (Å²) in [6.45, 7) is 9.15. The summed E-state index contributed by atoms with van der Waals surface area (Å²) in [5.74, 6) is 0.743. The molecule has 1 N–H and O–H groups in total. The number of ether oxygens (including phenoxy) is 2. The SMILES string of the molecule is CC(C)CCOCCNCCC1CCCO1. The first-order valence-electron chi connectivity index (χ1n) is 6.69. The van der Waals surface area contributed by atoms with E-state index >= 15 is 0 Å². The third-order valence-corrected chi connectivity index (χ3v) is 2.93. The summed E-state index contributed by atoms with van der Waals surface area (Å²) in [7, 11) is 0. The Balaban J connectivity index is 1.74. The van der Waals surface area contributed by atoms with Crippen LogP contribution in [0.1, 0.15) is 39.5 Å². The topological polar surface area (TPSA) is 30.5 Å². The quantitative estimate of drug-likeness (QED) is 0.615. The Morgan fingerprint density at radius 2 is 2.19 bits per heavy atom. The third-order valence-electron chi connectivity index (χ3n) is 2.93. The van der Waals surface area contributed by atoms with Crippen LogP contribution in [0.3, 0.4) is 0 Å². The van der Waals surface area contributed by atoms with Gasteiger partial charge in [-0.15, -0.1) is 0 Å². The van der Waals surface area contributed by atoms with Crippen molar-refractivity contribution in [3.05, 3.63) is 0 Å². The van der Waals surface area contributed by atoms with Gasteiger partial charge in [0.2, 0.25) is 0 Å². The summed E-state index contributed by atoms with van der Waals surface area (Å²) in [5.41, 5.74) is 0. The maximum Gasteiger partial charge on any atom is 0.0590 e. The highest BCUT2D eigenvalue weighted by molar-refractivity contribution is 4.65. The van der Waals surface area contributed by atoms with Gasteiger partial charge in [-0.1, -0.05) is 13.8 Å². The molecule has 1 aliphatic heterocycles. The molecule has 1 atom stereocenters. The maximum absolute atomic E-state index is 5.55. The van der Waals surface area contributed by atoms with E-state index in [1.165, 1.54) is 12.8 Å². The van der Waals surface area contributed by atoms with Crippen molar-refractivity contribution in [2.45, 2.75) is 45.6 Å². The van der Waals surface area contributed by atoms with Crippen LogP contribution >= 0.6 is 0 Å². The molecule has 1 saturated heterocycles. The van der Waals surface area contributed by atoms with Crippen molar-refractivity contribution < 1.29 is 9.47 Å². The van der Waals surface area contributed by atoms with E-state index in [0.29, 0.717) is 6.10 Å². The first-order valence-corrected chi connectivity index (χ1v) is 6.69. The number of hydrogen-bond donors (Lipinski definition) is 1. The fourth-order valence-corrected chi connectivity index (χ4v) is 1.83. The zero-order valence-electron chi connectivity index (χ0n) is 10.8. The Morgan fingerprint density at radius 1 is 1.31 bits per heavy atom. The minimum Gasteiger partial charge on any atom is -0.380 e. The molecule has 3 heteroatoms. The Hall–Kier alpha value is -0.120. The third kappa shape index (κ3) is 7.20. The van der Waals surface area contributed by atoms with E-state index in [4.69, 9.17) is 9.47 Å². The van der Waals surface area contributed by atoms with Crippen LogP contribution < -0.4 is 5.32 Å². The average Bonchev–Trinajstić information content (AvgIpc) is 2.74. The van der Waals surface area contributed by atoms with Crippen molar-refractivity contribution in [1.82, 2.24) is 5.32 Å². The molecule has 1 aliphatic rings. The second-order valence-electron chi connectivity index (χ2n) is 4.97. The molecule has 16 heavy (non-hydrogen) atoms. The van der Waals surface area contributed by atoms with E-state index in [2.05, 4.69) is 19.2 Å². The molecule has 1 unspecified atom stereocenters. The highest BCUT2D eigenvalue weighted by Gasteiger charge is 2.13. The Bertz CT molecular complexity index is 156. The highest BCUT2D eigenvalue weighted by Crippen LogP contribution is 2.14. The molecule has 0 bridgehead atoms. The molecule has 1 heterocycles. The fraction of sp³-hybridized carbons (Fsp3) is 1.00. The first kappa shape index (κ1) is 13.9. The van der Waals surface area contributed by atoms with Crippen LogP contribution in [-0.2, 0) is 9.47 Å². The van der Waals surface area contributed by atoms with E-state index in [9.17, 15) is 0 Å². The molecule has 0 aromatic carbocycles. The van der Waals surface area contributed by atoms with Gasteiger partial charge < -0.3 is 14.8 Å². The smallest absolute Gasteiger partial charge is 0.0590 e. The van der Waals surface area contributed by atoms with Gasteiger partial charge in [0.15, 0.2) is 0 Å². The van der Waals surface area contributed by atoms with Crippen LogP contribution in [0.4, 0.5) is 0 Å². The van der Waals surface area contributed by atoms with E-state index in [-0.39, 0.29) is 0 Å². The van der Waals surface area contributed by atoms with Gasteiger partial charge in [0.1, 0.15) is 0 Å². The minimum absolute atomic E-state index is 0.509. The van der Waals surface area contributed by atoms with Crippen molar-refractivity contribution in [1.29, 1.82) is 0 Å². The van der Waals surface area contributed by atoms with Crippen LogP contribution in [0.5, 0.6) is 0 Å². The molecule has 3 nitrogen and oxygen atoms in total. The van der Waals surface area contributed by atoms with Crippen molar-refractivity contribution in [2.75, 3.05) is 32.9 Å². The standard InChI is InChI=1S/C13H27NO2/c1-12(2)6-10-15-11-8-14-7-5-13-4-3-9-16-13/h12-14H,3-11H2,1-2H3. The van der Waals surface area contributed by atoms with Gasteiger partial charge in [0.05, 0.1) is 12.7 Å². The lowest BCUT2D eigenvalue weighted by Crippen LogP contribution is -2.24. The van der Waals surface area contributed by atoms with Crippen LogP contribution in [0.25, 0.3) is 0 Å². The largest absolute Gasteiger partial charge is 0.380 e. The summed E-state index contributed by atoms with van der Waals surface area (Å²) >= 11 is 0. The normalized spacial score (nSPS) is 20.8. The van der Waals surface area contributed by atoms with Gasteiger partial charge >= 0.3 is 0 Å². The zero-order chi connectivity index (χ0) is 11.6. The van der Waals surface area contributed by atoms with E-state index < -0.39 is 0 Å². The lowest BCUT2D eigenvalue weighted by Gasteiger charge is -2.10. The minimum atomic E-state index is 0.509. The van der Waals surface area contributed by atoms with Crippen molar-refractivity contribution >= 4 is 0 Å². The van der Waals surface area contributed by atoms with Gasteiger partial charge in [-0.25, -0.2) is 0 Å². The summed E-state index contributed by atoms with van der Waals surface area (Å²) in [6.07, 6.45) is 5.30. The van der Waals surface area contributed by atoms with Gasteiger partial charge in [-0.2, -0.15) is 0 Å². The highest BCUT2D eigenvalue weighted by atomic mass is 16.5. The van der Waals surface area contributed by atoms with Gasteiger partial charge in [0.25, 0.3) is 0 Å². The summed E-state index contributed by atoms with van der Waals surface area (Å²) < 4.78 is 11.1. The lowest BCUT2D eigenvalue weighted by atomic mass is 10.1. The predicted molar refractivity (Wildman–Crippen MR) is 66.7 cm³/mol. The summed E-state index contributed by atoms with van der Waals surface area (Å²) in [6, 6.07) is 0. The lowest BCUT2D eigenvalue weighted by molar-refractivity contribution is 0.101. The molecule has 0 aromatic heterocycles. The van der Waals surface area contributed by atoms with Gasteiger partial charge in [-0.05, 0) is 38.1 Å². The molecular weight excluding hydrogens is 202 g/mol. The van der Waals surface area contributed by atoms with Crippen molar-refractivity contribution in [3.8, 4) is 0 Å². The van der Waals surface area contributed by atoms with E-state index in [1.807, 2.05) is 0 Å². The molecule has 0 radical (unpaired) electrons. The summed E-state index contributed by atoms with van der Waals surface area (Å²) in [5, 5.41) is 3.40. The zero-order valence-corrected chi connectivity index (χ0v) is 10.8. The number of rotatable bonds is 9. The van der Waals surface area contributed by atoms with Gasteiger partial charge in [0, 0.05) is 19.8 Å². The van der Waals surface area contributed by atoms with Crippen molar-refractivity contribution in [3.63, 3.8) is 0 Å². The molecule has 0 saturated carbocycles. The van der Waals surface area contributed by atoms with Crippen molar-refractivity contribution in [2.24, 2.45) is 5.92 Å². The number of hydrogen-bond acceptors (Lipinski definition) is 3. The average molecular weight is 229 g/mol. The Kier molecular flexibility index (Phi) is 7.81. The molecule has 0 amide bonds. The second kappa shape index (κ2) is 8.97. The van der Waals surface area contributed by atoms with Crippen LogP contribution in [0, 0.1) is 5.92 Å². The van der Waals surface area contributed by atoms with Crippen LogP contribution in [-0.4, -0.2) is 39.0 Å². The fourth-order valence-electron chi connectivity index (χ4n) is 1.83. The monoisotopic (exact) mass is 229 g/mol. The maximum atomic E-state index is 5.55. The Labute approximate surface area is 99.9 Å². The molecule has 0 aliphatic carbocycles. The molecule has 0 aromatic rings. The molecule has 0 spiro atoms. The van der Waals surface area contributed by atoms with Crippen LogP contribution in [0.2, 0.25) is 0 Å². The molecule has 96 valence electrons. The molecule has 1 fully saturated rings. The summed E-state index contributed by atoms with van der Waals surface area (Å²) in [4.78, 5) is 0. The second-order valence-corrected chi connectivity index (χ2v) is 4.97. The number of nitrogens with one attached hydrogen (secondary N) is 1. The van der Waals surface area contributed by atoms with Crippen LogP contribution in [0.15, 0.2) is 0 Å². The first-order chi connectivity index (χ1) is 7.79. The molecule has 1 rings (SSSR count). The molecular formula is C13H27NO2.